The zero-order valence-electron chi connectivity index (χ0n) is 12.2. The van der Waals surface area contributed by atoms with Crippen molar-refractivity contribution in [2.45, 2.75) is 9.99 Å². The molecule has 1 aliphatic rings. The Morgan fingerprint density at radius 1 is 1.17 bits per heavy atom. The predicted octanol–water partition coefficient (Wildman–Crippen LogP) is 3.51. The van der Waals surface area contributed by atoms with Crippen LogP contribution in [0, 0.1) is 0 Å². The minimum absolute atomic E-state index is 0.176. The van der Waals surface area contributed by atoms with Crippen LogP contribution in [0.25, 0.3) is 6.08 Å². The van der Waals surface area contributed by atoms with Crippen molar-refractivity contribution in [2.75, 3.05) is 6.54 Å². The minimum atomic E-state index is -0.452. The van der Waals surface area contributed by atoms with Gasteiger partial charge in [0.25, 0.3) is 5.91 Å². The summed E-state index contributed by atoms with van der Waals surface area (Å²) in [5, 5.41) is 3.24. The van der Waals surface area contributed by atoms with E-state index in [0.717, 1.165) is 9.80 Å². The first-order chi connectivity index (χ1) is 11.2. The fourth-order valence-corrected chi connectivity index (χ4v) is 2.88. The largest absolute Gasteiger partial charge is 0.450 e. The molecule has 116 valence electrons. The van der Waals surface area contributed by atoms with Crippen LogP contribution in [-0.2, 0) is 4.79 Å². The van der Waals surface area contributed by atoms with E-state index in [2.05, 4.69) is 11.9 Å². The van der Waals surface area contributed by atoms with Gasteiger partial charge in [-0.25, -0.2) is 4.79 Å². The number of nitrogens with zero attached hydrogens (tertiary/aromatic N) is 1. The number of furan rings is 1. The molecule has 2 aromatic rings. The smallest absolute Gasteiger partial charge is 0.329 e. The Hall–Kier alpha value is -2.73. The lowest BCUT2D eigenvalue weighted by Gasteiger charge is -2.06. The van der Waals surface area contributed by atoms with Gasteiger partial charge >= 0.3 is 6.03 Å². The lowest BCUT2D eigenvalue weighted by atomic mass is 10.3. The number of rotatable bonds is 5. The van der Waals surface area contributed by atoms with Gasteiger partial charge in [0, 0.05) is 17.5 Å². The van der Waals surface area contributed by atoms with Crippen LogP contribution >= 0.6 is 11.8 Å². The number of carbonyl (C=O) groups is 2. The summed E-state index contributed by atoms with van der Waals surface area (Å²) in [6.45, 7) is 3.71. The first-order valence-electron chi connectivity index (χ1n) is 6.95. The molecule has 3 rings (SSSR count). The maximum Gasteiger partial charge on any atom is 0.329 e. The Morgan fingerprint density at radius 2 is 1.96 bits per heavy atom. The number of hydrogen-bond donors (Lipinski definition) is 1. The van der Waals surface area contributed by atoms with Crippen LogP contribution in [-0.4, -0.2) is 23.4 Å². The van der Waals surface area contributed by atoms with Gasteiger partial charge in [-0.15, -0.1) is 6.58 Å². The summed E-state index contributed by atoms with van der Waals surface area (Å²) in [6.07, 6.45) is 3.03. The zero-order chi connectivity index (χ0) is 16.2. The monoisotopic (exact) mass is 326 g/mol. The molecule has 1 N–H and O–H groups in total. The van der Waals surface area contributed by atoms with Crippen molar-refractivity contribution in [3.05, 3.63) is 66.6 Å². The predicted molar refractivity (Wildman–Crippen MR) is 87.7 cm³/mol. The standard InChI is InChI=1S/C17H14N2O3S/c1-2-10-19-16(20)14(18-17(19)21)11-12-8-9-15(22-12)23-13-6-4-3-5-7-13/h2-9,11H,1,10H2,(H,18,21)/b14-11+. The third kappa shape index (κ3) is 3.37. The molecular weight excluding hydrogens is 312 g/mol. The highest BCUT2D eigenvalue weighted by molar-refractivity contribution is 7.99. The molecule has 0 bridgehead atoms. The number of urea groups is 1. The first kappa shape index (κ1) is 15.2. The fraction of sp³-hybridized carbons (Fsp3) is 0.0588. The Labute approximate surface area is 137 Å². The normalized spacial score (nSPS) is 16.0. The van der Waals surface area contributed by atoms with E-state index >= 15 is 0 Å². The van der Waals surface area contributed by atoms with Crippen molar-refractivity contribution >= 4 is 29.8 Å². The van der Waals surface area contributed by atoms with Crippen molar-refractivity contribution < 1.29 is 14.0 Å². The summed E-state index contributed by atoms with van der Waals surface area (Å²) >= 11 is 1.48. The average Bonchev–Trinajstić information content (AvgIpc) is 3.09. The Morgan fingerprint density at radius 3 is 2.70 bits per heavy atom. The van der Waals surface area contributed by atoms with E-state index in [-0.39, 0.29) is 18.1 Å². The molecular formula is C17H14N2O3S. The van der Waals surface area contributed by atoms with E-state index < -0.39 is 6.03 Å². The lowest BCUT2D eigenvalue weighted by Crippen LogP contribution is -2.30. The molecule has 6 heteroatoms. The maximum absolute atomic E-state index is 12.1. The van der Waals surface area contributed by atoms with Crippen molar-refractivity contribution in [1.29, 1.82) is 0 Å². The fourth-order valence-electron chi connectivity index (χ4n) is 2.08. The van der Waals surface area contributed by atoms with Gasteiger partial charge in [-0.05, 0) is 24.3 Å². The minimum Gasteiger partial charge on any atom is -0.450 e. The Kier molecular flexibility index (Phi) is 4.34. The second kappa shape index (κ2) is 6.58. The molecule has 1 saturated heterocycles. The second-order valence-corrected chi connectivity index (χ2v) is 5.84. The molecule has 1 aromatic carbocycles. The topological polar surface area (TPSA) is 62.6 Å². The third-order valence-corrected chi connectivity index (χ3v) is 4.05. The van der Waals surface area contributed by atoms with Gasteiger partial charge in [0.05, 0.1) is 0 Å². The number of amides is 3. The highest BCUT2D eigenvalue weighted by Gasteiger charge is 2.32. The molecule has 1 fully saturated rings. The van der Waals surface area contributed by atoms with E-state index in [4.69, 9.17) is 4.42 Å². The van der Waals surface area contributed by atoms with E-state index in [1.165, 1.54) is 23.9 Å². The molecule has 1 aromatic heterocycles. The summed E-state index contributed by atoms with van der Waals surface area (Å²) in [5.74, 6) is 0.121. The van der Waals surface area contributed by atoms with Gasteiger partial charge in [0.15, 0.2) is 5.09 Å². The van der Waals surface area contributed by atoms with Crippen LogP contribution in [0.2, 0.25) is 0 Å². The van der Waals surface area contributed by atoms with Gasteiger partial charge < -0.3 is 9.73 Å². The van der Waals surface area contributed by atoms with Crippen LogP contribution in [0.15, 0.2) is 75.2 Å². The van der Waals surface area contributed by atoms with Crippen molar-refractivity contribution in [3.8, 4) is 0 Å². The highest BCUT2D eigenvalue weighted by Crippen LogP contribution is 2.29. The molecule has 2 heterocycles. The van der Waals surface area contributed by atoms with Crippen LogP contribution in [0.3, 0.4) is 0 Å². The Balaban J connectivity index is 1.75. The number of benzene rings is 1. The molecule has 3 amide bonds. The van der Waals surface area contributed by atoms with Gasteiger partial charge in [0.2, 0.25) is 0 Å². The van der Waals surface area contributed by atoms with Crippen LogP contribution in [0.4, 0.5) is 4.79 Å². The van der Waals surface area contributed by atoms with Crippen LogP contribution in [0.1, 0.15) is 5.76 Å². The van der Waals surface area contributed by atoms with E-state index in [0.29, 0.717) is 10.9 Å². The molecule has 0 spiro atoms. The molecule has 0 aliphatic carbocycles. The van der Waals surface area contributed by atoms with Gasteiger partial charge in [0.1, 0.15) is 11.5 Å². The van der Waals surface area contributed by atoms with Crippen molar-refractivity contribution in [2.24, 2.45) is 0 Å². The molecule has 5 nitrogen and oxygen atoms in total. The van der Waals surface area contributed by atoms with Crippen LogP contribution in [0.5, 0.6) is 0 Å². The number of nitrogens with one attached hydrogen (secondary N) is 1. The van der Waals surface area contributed by atoms with Gasteiger partial charge in [-0.1, -0.05) is 36.0 Å². The van der Waals surface area contributed by atoms with Gasteiger partial charge in [-0.3, -0.25) is 9.69 Å². The van der Waals surface area contributed by atoms with E-state index in [1.54, 1.807) is 6.07 Å². The number of carbonyl (C=O) groups excluding carboxylic acids is 2. The molecule has 0 atom stereocenters. The molecule has 0 unspecified atom stereocenters. The second-order valence-electron chi connectivity index (χ2n) is 4.76. The molecule has 0 saturated carbocycles. The first-order valence-corrected chi connectivity index (χ1v) is 7.77. The van der Waals surface area contributed by atoms with Crippen LogP contribution < -0.4 is 5.32 Å². The van der Waals surface area contributed by atoms with E-state index in [1.807, 2.05) is 36.4 Å². The molecule has 0 radical (unpaired) electrons. The zero-order valence-corrected chi connectivity index (χ0v) is 13.0. The molecule has 1 aliphatic heterocycles. The van der Waals surface area contributed by atoms with E-state index in [9.17, 15) is 9.59 Å². The number of imide groups is 1. The SMILES string of the molecule is C=CCN1C(=O)N/C(=C/c2ccc(Sc3ccccc3)o2)C1=O. The third-order valence-electron chi connectivity index (χ3n) is 3.12. The highest BCUT2D eigenvalue weighted by atomic mass is 32.2. The van der Waals surface area contributed by atoms with Gasteiger partial charge in [-0.2, -0.15) is 0 Å². The summed E-state index contributed by atoms with van der Waals surface area (Å²) in [4.78, 5) is 25.9. The quantitative estimate of drug-likeness (QED) is 0.519. The summed E-state index contributed by atoms with van der Waals surface area (Å²) in [7, 11) is 0. The Bertz CT molecular complexity index is 780. The number of hydrogen-bond acceptors (Lipinski definition) is 4. The average molecular weight is 326 g/mol. The summed E-state index contributed by atoms with van der Waals surface area (Å²) in [5.41, 5.74) is 0.197. The maximum atomic E-state index is 12.1. The summed E-state index contributed by atoms with van der Waals surface area (Å²) < 4.78 is 5.67. The molecule has 23 heavy (non-hydrogen) atoms. The van der Waals surface area contributed by atoms with Crippen molar-refractivity contribution in [1.82, 2.24) is 10.2 Å². The lowest BCUT2D eigenvalue weighted by molar-refractivity contribution is -0.122. The van der Waals surface area contributed by atoms with Crippen molar-refractivity contribution in [3.63, 3.8) is 0 Å². The summed E-state index contributed by atoms with van der Waals surface area (Å²) in [6, 6.07) is 13.0.